The van der Waals surface area contributed by atoms with E-state index in [-0.39, 0.29) is 5.82 Å². The van der Waals surface area contributed by atoms with Gasteiger partial charge in [0.1, 0.15) is 5.82 Å². The van der Waals surface area contributed by atoms with Crippen molar-refractivity contribution in [2.45, 2.75) is 32.5 Å². The Morgan fingerprint density at radius 3 is 2.68 bits per heavy atom. The maximum absolute atomic E-state index is 12.9. The van der Waals surface area contributed by atoms with E-state index in [4.69, 9.17) is 5.73 Å². The Balaban J connectivity index is 1.60. The third kappa shape index (κ3) is 3.54. The Morgan fingerprint density at radius 1 is 1.23 bits per heavy atom. The molecule has 118 valence electrons. The fraction of sp³-hybridized carbons (Fsp3) is 0.471. The number of halogens is 1. The molecule has 0 spiro atoms. The summed E-state index contributed by atoms with van der Waals surface area (Å²) in [7, 11) is 0. The lowest BCUT2D eigenvalue weighted by atomic mass is 10.1. The van der Waals surface area contributed by atoms with Gasteiger partial charge in [-0.1, -0.05) is 12.1 Å². The van der Waals surface area contributed by atoms with Gasteiger partial charge in [0.15, 0.2) is 0 Å². The van der Waals surface area contributed by atoms with Crippen LogP contribution in [0.15, 0.2) is 36.7 Å². The number of benzene rings is 1. The van der Waals surface area contributed by atoms with E-state index in [9.17, 15) is 4.39 Å². The smallest absolute Gasteiger partial charge is 0.123 e. The first-order valence-electron chi connectivity index (χ1n) is 7.84. The van der Waals surface area contributed by atoms with Gasteiger partial charge in [-0.2, -0.15) is 5.10 Å². The van der Waals surface area contributed by atoms with Crippen molar-refractivity contribution in [1.82, 2.24) is 14.7 Å². The van der Waals surface area contributed by atoms with Crippen molar-refractivity contribution >= 4 is 0 Å². The summed E-state index contributed by atoms with van der Waals surface area (Å²) in [5.41, 5.74) is 8.05. The van der Waals surface area contributed by atoms with Crippen molar-refractivity contribution in [2.24, 2.45) is 11.7 Å². The molecule has 1 aromatic carbocycles. The van der Waals surface area contributed by atoms with Crippen molar-refractivity contribution in [1.29, 1.82) is 0 Å². The van der Waals surface area contributed by atoms with E-state index >= 15 is 0 Å². The molecule has 1 aliphatic rings. The van der Waals surface area contributed by atoms with Gasteiger partial charge in [0.2, 0.25) is 0 Å². The highest BCUT2D eigenvalue weighted by atomic mass is 19.1. The average molecular weight is 302 g/mol. The first-order valence-corrected chi connectivity index (χ1v) is 7.84. The van der Waals surface area contributed by atoms with Crippen LogP contribution in [0, 0.1) is 11.7 Å². The molecule has 0 saturated carbocycles. The van der Waals surface area contributed by atoms with E-state index < -0.39 is 0 Å². The summed E-state index contributed by atoms with van der Waals surface area (Å²) in [4.78, 5) is 2.47. The van der Waals surface area contributed by atoms with Gasteiger partial charge >= 0.3 is 0 Å². The van der Waals surface area contributed by atoms with Crippen LogP contribution in [-0.4, -0.2) is 33.8 Å². The van der Waals surface area contributed by atoms with Crippen LogP contribution >= 0.6 is 0 Å². The molecule has 1 aliphatic heterocycles. The summed E-state index contributed by atoms with van der Waals surface area (Å²) >= 11 is 0. The van der Waals surface area contributed by atoms with Gasteiger partial charge in [-0.05, 0) is 43.5 Å². The molecule has 2 atom stereocenters. The Bertz CT molecular complexity index is 607. The van der Waals surface area contributed by atoms with Crippen molar-refractivity contribution in [2.75, 3.05) is 13.1 Å². The molecule has 1 aromatic heterocycles. The van der Waals surface area contributed by atoms with Crippen LogP contribution < -0.4 is 5.73 Å². The van der Waals surface area contributed by atoms with E-state index in [1.54, 1.807) is 12.1 Å². The number of hydrogen-bond acceptors (Lipinski definition) is 3. The lowest BCUT2D eigenvalue weighted by Crippen LogP contribution is -2.27. The molecule has 1 saturated heterocycles. The van der Waals surface area contributed by atoms with E-state index in [1.165, 1.54) is 24.1 Å². The summed E-state index contributed by atoms with van der Waals surface area (Å²) in [6, 6.07) is 7.14. The molecule has 0 aliphatic carbocycles. The van der Waals surface area contributed by atoms with E-state index in [0.29, 0.717) is 18.5 Å². The van der Waals surface area contributed by atoms with E-state index in [1.807, 2.05) is 10.9 Å². The minimum atomic E-state index is -0.206. The summed E-state index contributed by atoms with van der Waals surface area (Å²) in [6.45, 7) is 5.69. The molecule has 3 rings (SSSR count). The largest absolute Gasteiger partial charge is 0.330 e. The first-order chi connectivity index (χ1) is 10.6. The van der Waals surface area contributed by atoms with Crippen molar-refractivity contribution in [3.8, 4) is 0 Å². The molecule has 2 N–H and O–H groups in total. The second kappa shape index (κ2) is 6.58. The fourth-order valence-electron chi connectivity index (χ4n) is 3.19. The van der Waals surface area contributed by atoms with Crippen LogP contribution in [0.1, 0.15) is 24.5 Å². The van der Waals surface area contributed by atoms with Crippen molar-refractivity contribution in [3.63, 3.8) is 0 Å². The van der Waals surface area contributed by atoms with Gasteiger partial charge in [0.25, 0.3) is 0 Å². The van der Waals surface area contributed by atoms with Crippen molar-refractivity contribution in [3.05, 3.63) is 53.6 Å². The Labute approximate surface area is 130 Å². The molecule has 1 fully saturated rings. The first kappa shape index (κ1) is 15.2. The maximum Gasteiger partial charge on any atom is 0.123 e. The van der Waals surface area contributed by atoms with Crippen molar-refractivity contribution < 1.29 is 4.39 Å². The summed E-state index contributed by atoms with van der Waals surface area (Å²) in [5.74, 6) is 0.409. The lowest BCUT2D eigenvalue weighted by molar-refractivity contribution is 0.256. The van der Waals surface area contributed by atoms with Gasteiger partial charge < -0.3 is 5.73 Å². The molecule has 2 heterocycles. The Hall–Kier alpha value is -1.72. The van der Waals surface area contributed by atoms with Crippen LogP contribution in [0.5, 0.6) is 0 Å². The molecule has 4 nitrogen and oxygen atoms in total. The summed E-state index contributed by atoms with van der Waals surface area (Å²) < 4.78 is 14.8. The molecular formula is C17H23FN4. The predicted octanol–water partition coefficient (Wildman–Crippen LogP) is 2.24. The highest BCUT2D eigenvalue weighted by molar-refractivity contribution is 5.17. The molecule has 0 radical (unpaired) electrons. The van der Waals surface area contributed by atoms with Crippen LogP contribution in [-0.2, 0) is 13.1 Å². The number of rotatable bonds is 5. The minimum Gasteiger partial charge on any atom is -0.330 e. The second-order valence-corrected chi connectivity index (χ2v) is 6.29. The van der Waals surface area contributed by atoms with Gasteiger partial charge in [0, 0.05) is 30.9 Å². The standard InChI is InChI=1S/C17H23FN4/c1-13-6-15(7-19)9-21(13)10-16-8-20-22(12-16)11-14-2-4-17(18)5-3-14/h2-5,8,12-13,15H,6-7,9-11,19H2,1H3. The minimum absolute atomic E-state index is 0.206. The zero-order valence-electron chi connectivity index (χ0n) is 13.0. The van der Waals surface area contributed by atoms with Crippen LogP contribution in [0.4, 0.5) is 4.39 Å². The number of likely N-dealkylation sites (tertiary alicyclic amines) is 1. The van der Waals surface area contributed by atoms with E-state index in [0.717, 1.165) is 25.2 Å². The number of aromatic nitrogens is 2. The molecule has 0 amide bonds. The molecule has 22 heavy (non-hydrogen) atoms. The fourth-order valence-corrected chi connectivity index (χ4v) is 3.19. The average Bonchev–Trinajstić information content (AvgIpc) is 3.09. The Morgan fingerprint density at radius 2 is 2.00 bits per heavy atom. The van der Waals surface area contributed by atoms with Gasteiger partial charge in [-0.15, -0.1) is 0 Å². The monoisotopic (exact) mass is 302 g/mol. The molecule has 2 aromatic rings. The van der Waals surface area contributed by atoms with E-state index in [2.05, 4.69) is 23.1 Å². The molecule has 0 bridgehead atoms. The molecule has 2 unspecified atom stereocenters. The van der Waals surface area contributed by atoms with Crippen LogP contribution in [0.25, 0.3) is 0 Å². The van der Waals surface area contributed by atoms with Gasteiger partial charge in [-0.3, -0.25) is 9.58 Å². The number of nitrogens with two attached hydrogens (primary N) is 1. The normalized spacial score (nSPS) is 22.3. The Kier molecular flexibility index (Phi) is 4.55. The highest BCUT2D eigenvalue weighted by Gasteiger charge is 2.28. The number of nitrogens with zero attached hydrogens (tertiary/aromatic N) is 3. The highest BCUT2D eigenvalue weighted by Crippen LogP contribution is 2.23. The zero-order chi connectivity index (χ0) is 15.5. The topological polar surface area (TPSA) is 47.1 Å². The zero-order valence-corrected chi connectivity index (χ0v) is 13.0. The van der Waals surface area contributed by atoms with Gasteiger partial charge in [0.05, 0.1) is 12.7 Å². The SMILES string of the molecule is CC1CC(CN)CN1Cc1cnn(Cc2ccc(F)cc2)c1. The van der Waals surface area contributed by atoms with Gasteiger partial charge in [-0.25, -0.2) is 4.39 Å². The van der Waals surface area contributed by atoms with Crippen LogP contribution in [0.3, 0.4) is 0 Å². The predicted molar refractivity (Wildman–Crippen MR) is 84.8 cm³/mol. The third-order valence-electron chi connectivity index (χ3n) is 4.45. The quantitative estimate of drug-likeness (QED) is 0.921. The van der Waals surface area contributed by atoms with Crippen LogP contribution in [0.2, 0.25) is 0 Å². The summed E-state index contributed by atoms with van der Waals surface area (Å²) in [5, 5.41) is 4.41. The number of hydrogen-bond donors (Lipinski definition) is 1. The lowest BCUT2D eigenvalue weighted by Gasteiger charge is -2.19. The maximum atomic E-state index is 12.9. The summed E-state index contributed by atoms with van der Waals surface area (Å²) in [6.07, 6.45) is 5.18. The molecular weight excluding hydrogens is 279 g/mol. The third-order valence-corrected chi connectivity index (χ3v) is 4.45. The molecule has 5 heteroatoms. The second-order valence-electron chi connectivity index (χ2n) is 6.29.